The summed E-state index contributed by atoms with van der Waals surface area (Å²) in [6, 6.07) is 7.46. The van der Waals surface area contributed by atoms with Crippen molar-refractivity contribution in [2.45, 2.75) is 25.0 Å². The summed E-state index contributed by atoms with van der Waals surface area (Å²) in [7, 11) is 0. The highest BCUT2D eigenvalue weighted by Crippen LogP contribution is 2.19. The zero-order valence-electron chi connectivity index (χ0n) is 9.34. The first-order chi connectivity index (χ1) is 7.69. The molecule has 0 aliphatic carbocycles. The van der Waals surface area contributed by atoms with Gasteiger partial charge in [-0.05, 0) is 37.1 Å². The van der Waals surface area contributed by atoms with E-state index in [0.29, 0.717) is 25.1 Å². The van der Waals surface area contributed by atoms with Crippen LogP contribution in [0.3, 0.4) is 0 Å². The van der Waals surface area contributed by atoms with Gasteiger partial charge in [-0.15, -0.1) is 0 Å². The molecule has 0 saturated carbocycles. The van der Waals surface area contributed by atoms with Crippen molar-refractivity contribution in [1.29, 1.82) is 0 Å². The smallest absolute Gasteiger partial charge is 0.105 e. The molecule has 0 aliphatic heterocycles. The van der Waals surface area contributed by atoms with Crippen molar-refractivity contribution in [1.82, 2.24) is 0 Å². The van der Waals surface area contributed by atoms with Crippen molar-refractivity contribution in [3.63, 3.8) is 0 Å². The first-order valence-corrected chi connectivity index (χ1v) is 5.54. The van der Waals surface area contributed by atoms with E-state index >= 15 is 0 Å². The van der Waals surface area contributed by atoms with Crippen molar-refractivity contribution in [2.24, 2.45) is 11.5 Å². The molecule has 2 atom stereocenters. The van der Waals surface area contributed by atoms with E-state index < -0.39 is 12.2 Å². The second-order valence-corrected chi connectivity index (χ2v) is 3.87. The SMILES string of the molecule is NCCc1ccc(C(O)C(O)CCN)cc1. The van der Waals surface area contributed by atoms with Gasteiger partial charge in [-0.3, -0.25) is 0 Å². The van der Waals surface area contributed by atoms with E-state index in [1.54, 1.807) is 0 Å². The Balaban J connectivity index is 2.65. The highest BCUT2D eigenvalue weighted by molar-refractivity contribution is 5.25. The summed E-state index contributed by atoms with van der Waals surface area (Å²) < 4.78 is 0. The predicted octanol–water partition coefficient (Wildman–Crippen LogP) is -0.0691. The van der Waals surface area contributed by atoms with E-state index in [1.807, 2.05) is 24.3 Å². The second kappa shape index (κ2) is 6.60. The van der Waals surface area contributed by atoms with Gasteiger partial charge in [0.25, 0.3) is 0 Å². The summed E-state index contributed by atoms with van der Waals surface area (Å²) >= 11 is 0. The Morgan fingerprint density at radius 1 is 1.00 bits per heavy atom. The minimum atomic E-state index is -0.865. The molecule has 16 heavy (non-hydrogen) atoms. The van der Waals surface area contributed by atoms with Crippen molar-refractivity contribution < 1.29 is 10.2 Å². The van der Waals surface area contributed by atoms with Crippen LogP contribution in [-0.2, 0) is 6.42 Å². The lowest BCUT2D eigenvalue weighted by molar-refractivity contribution is 0.0150. The largest absolute Gasteiger partial charge is 0.390 e. The average Bonchev–Trinajstić information content (AvgIpc) is 2.30. The lowest BCUT2D eigenvalue weighted by atomic mass is 10.0. The molecule has 0 bridgehead atoms. The van der Waals surface area contributed by atoms with E-state index in [1.165, 1.54) is 0 Å². The molecule has 1 aromatic carbocycles. The molecule has 6 N–H and O–H groups in total. The van der Waals surface area contributed by atoms with Gasteiger partial charge in [0.15, 0.2) is 0 Å². The van der Waals surface area contributed by atoms with Crippen LogP contribution in [0.15, 0.2) is 24.3 Å². The third-order valence-corrected chi connectivity index (χ3v) is 2.58. The minimum Gasteiger partial charge on any atom is -0.390 e. The number of aliphatic hydroxyl groups is 2. The molecule has 2 unspecified atom stereocenters. The van der Waals surface area contributed by atoms with E-state index in [4.69, 9.17) is 11.5 Å². The van der Waals surface area contributed by atoms with Gasteiger partial charge in [-0.25, -0.2) is 0 Å². The van der Waals surface area contributed by atoms with Crippen molar-refractivity contribution in [2.75, 3.05) is 13.1 Å². The standard InChI is InChI=1S/C12H20N2O2/c13-7-5-9-1-3-10(4-2-9)12(16)11(15)6-8-14/h1-4,11-12,15-16H,5-8,13-14H2. The number of rotatable bonds is 6. The fourth-order valence-electron chi connectivity index (χ4n) is 1.60. The number of hydrogen-bond donors (Lipinski definition) is 4. The van der Waals surface area contributed by atoms with Crippen LogP contribution < -0.4 is 11.5 Å². The van der Waals surface area contributed by atoms with Crippen LogP contribution >= 0.6 is 0 Å². The van der Waals surface area contributed by atoms with Crippen LogP contribution in [0, 0.1) is 0 Å². The molecule has 1 aromatic rings. The van der Waals surface area contributed by atoms with E-state index in [0.717, 1.165) is 12.0 Å². The zero-order valence-corrected chi connectivity index (χ0v) is 9.34. The molecule has 90 valence electrons. The van der Waals surface area contributed by atoms with Crippen molar-refractivity contribution in [3.8, 4) is 0 Å². The Labute approximate surface area is 95.9 Å². The third-order valence-electron chi connectivity index (χ3n) is 2.58. The highest BCUT2D eigenvalue weighted by atomic mass is 16.3. The quantitative estimate of drug-likeness (QED) is 0.544. The molecule has 0 saturated heterocycles. The summed E-state index contributed by atoms with van der Waals surface area (Å²) in [5.74, 6) is 0. The van der Waals surface area contributed by atoms with Gasteiger partial charge in [0.05, 0.1) is 6.10 Å². The summed E-state index contributed by atoms with van der Waals surface area (Å²) in [4.78, 5) is 0. The maximum atomic E-state index is 9.81. The van der Waals surface area contributed by atoms with Crippen molar-refractivity contribution >= 4 is 0 Å². The van der Waals surface area contributed by atoms with Gasteiger partial charge in [-0.1, -0.05) is 24.3 Å². The number of aliphatic hydroxyl groups excluding tert-OH is 2. The van der Waals surface area contributed by atoms with Crippen LogP contribution in [-0.4, -0.2) is 29.4 Å². The van der Waals surface area contributed by atoms with E-state index in [9.17, 15) is 10.2 Å². The van der Waals surface area contributed by atoms with Crippen LogP contribution in [0.5, 0.6) is 0 Å². The maximum Gasteiger partial charge on any atom is 0.105 e. The first-order valence-electron chi connectivity index (χ1n) is 5.54. The van der Waals surface area contributed by atoms with Crippen LogP contribution in [0.1, 0.15) is 23.7 Å². The van der Waals surface area contributed by atoms with Crippen LogP contribution in [0.25, 0.3) is 0 Å². The highest BCUT2D eigenvalue weighted by Gasteiger charge is 2.16. The van der Waals surface area contributed by atoms with Gasteiger partial charge < -0.3 is 21.7 Å². The Bertz CT molecular complexity index is 300. The Morgan fingerprint density at radius 2 is 1.62 bits per heavy atom. The van der Waals surface area contributed by atoms with Gasteiger partial charge in [-0.2, -0.15) is 0 Å². The summed E-state index contributed by atoms with van der Waals surface area (Å²) in [5.41, 5.74) is 12.6. The summed E-state index contributed by atoms with van der Waals surface area (Å²) in [5, 5.41) is 19.4. The first kappa shape index (κ1) is 13.1. The molecule has 0 aliphatic rings. The lowest BCUT2D eigenvalue weighted by Crippen LogP contribution is -2.21. The molecule has 0 radical (unpaired) electrons. The maximum absolute atomic E-state index is 9.81. The average molecular weight is 224 g/mol. The summed E-state index contributed by atoms with van der Waals surface area (Å²) in [6.45, 7) is 0.973. The fraction of sp³-hybridized carbons (Fsp3) is 0.500. The van der Waals surface area contributed by atoms with E-state index in [-0.39, 0.29) is 0 Å². The molecular weight excluding hydrogens is 204 g/mol. The molecule has 0 aromatic heterocycles. The molecule has 4 nitrogen and oxygen atoms in total. The van der Waals surface area contributed by atoms with Gasteiger partial charge in [0, 0.05) is 0 Å². The molecule has 0 fully saturated rings. The van der Waals surface area contributed by atoms with Crippen LogP contribution in [0.4, 0.5) is 0 Å². The molecule has 1 rings (SSSR count). The molecule has 0 spiro atoms. The Hall–Kier alpha value is -0.940. The molecular formula is C12H20N2O2. The minimum absolute atomic E-state index is 0.365. The molecule has 0 amide bonds. The predicted molar refractivity (Wildman–Crippen MR) is 63.8 cm³/mol. The number of hydrogen-bond acceptors (Lipinski definition) is 4. The second-order valence-electron chi connectivity index (χ2n) is 3.87. The molecule has 4 heteroatoms. The summed E-state index contributed by atoms with van der Waals surface area (Å²) in [6.07, 6.45) is -0.450. The van der Waals surface area contributed by atoms with Crippen molar-refractivity contribution in [3.05, 3.63) is 35.4 Å². The van der Waals surface area contributed by atoms with Gasteiger partial charge in [0.1, 0.15) is 6.10 Å². The number of benzene rings is 1. The third kappa shape index (κ3) is 3.57. The topological polar surface area (TPSA) is 92.5 Å². The number of nitrogens with two attached hydrogens (primary N) is 2. The van der Waals surface area contributed by atoms with E-state index in [2.05, 4.69) is 0 Å². The Kier molecular flexibility index (Phi) is 5.42. The van der Waals surface area contributed by atoms with Gasteiger partial charge >= 0.3 is 0 Å². The zero-order chi connectivity index (χ0) is 12.0. The normalized spacial score (nSPS) is 14.8. The van der Waals surface area contributed by atoms with Gasteiger partial charge in [0.2, 0.25) is 0 Å². The monoisotopic (exact) mass is 224 g/mol. The molecule has 0 heterocycles. The van der Waals surface area contributed by atoms with Crippen LogP contribution in [0.2, 0.25) is 0 Å². The Morgan fingerprint density at radius 3 is 2.12 bits per heavy atom. The lowest BCUT2D eigenvalue weighted by Gasteiger charge is -2.17. The fourth-order valence-corrected chi connectivity index (χ4v) is 1.60.